The van der Waals surface area contributed by atoms with Crippen molar-refractivity contribution in [3.63, 3.8) is 0 Å². The van der Waals surface area contributed by atoms with Gasteiger partial charge in [0.05, 0.1) is 29.5 Å². The fourth-order valence-electron chi connectivity index (χ4n) is 4.36. The van der Waals surface area contributed by atoms with Crippen LogP contribution >= 0.6 is 11.3 Å². The van der Waals surface area contributed by atoms with Crippen LogP contribution in [0.5, 0.6) is 0 Å². The van der Waals surface area contributed by atoms with Gasteiger partial charge in [-0.3, -0.25) is 14.0 Å². The molecular formula is C23H31N3O6SSi. The van der Waals surface area contributed by atoms with Crippen molar-refractivity contribution in [2.75, 3.05) is 6.61 Å². The summed E-state index contributed by atoms with van der Waals surface area (Å²) in [5.41, 5.74) is 0.804. The third kappa shape index (κ3) is 3.74. The maximum Gasteiger partial charge on any atom is 0.352 e. The summed E-state index contributed by atoms with van der Waals surface area (Å²) in [5, 5.41) is 19.8. The number of aliphatic carboxylic acids is 1. The van der Waals surface area contributed by atoms with Crippen molar-refractivity contribution >= 4 is 47.7 Å². The smallest absolute Gasteiger partial charge is 0.352 e. The summed E-state index contributed by atoms with van der Waals surface area (Å²) in [7, 11) is -2.11. The molecule has 2 aromatic rings. The number of carbonyl (C=O) groups is 3. The predicted molar refractivity (Wildman–Crippen MR) is 130 cm³/mol. The Hall–Kier alpha value is -2.34. The van der Waals surface area contributed by atoms with Gasteiger partial charge in [-0.25, -0.2) is 9.78 Å². The zero-order valence-corrected chi connectivity index (χ0v) is 22.3. The molecule has 3 atom stereocenters. The van der Waals surface area contributed by atoms with E-state index in [-0.39, 0.29) is 35.1 Å². The van der Waals surface area contributed by atoms with Gasteiger partial charge in [0.2, 0.25) is 11.7 Å². The second kappa shape index (κ2) is 8.11. The van der Waals surface area contributed by atoms with Crippen LogP contribution in [0.25, 0.3) is 10.4 Å². The molecule has 1 saturated heterocycles. The van der Waals surface area contributed by atoms with Crippen LogP contribution in [0.3, 0.4) is 0 Å². The summed E-state index contributed by atoms with van der Waals surface area (Å²) in [6, 6.07) is -0.367. The van der Waals surface area contributed by atoms with E-state index in [4.69, 9.17) is 4.43 Å². The van der Waals surface area contributed by atoms with Crippen LogP contribution in [-0.2, 0) is 14.0 Å². The highest BCUT2D eigenvalue weighted by atomic mass is 32.1. The molecule has 4 rings (SSSR count). The Balaban J connectivity index is 1.67. The summed E-state index contributed by atoms with van der Waals surface area (Å²) < 4.78 is 7.88. The lowest BCUT2D eigenvalue weighted by atomic mass is 9.83. The van der Waals surface area contributed by atoms with E-state index < -0.39 is 26.3 Å². The molecule has 0 saturated carbocycles. The average molecular weight is 506 g/mol. The molecule has 0 radical (unpaired) electrons. The number of rotatable bonds is 7. The number of Topliss-reactive ketones (excluding diaryl/α,β-unsaturated/α-hetero) is 1. The van der Waals surface area contributed by atoms with Crippen LogP contribution in [0.1, 0.15) is 55.3 Å². The number of β-lactam (4-membered cyclic amide) rings is 1. The van der Waals surface area contributed by atoms with Gasteiger partial charge in [-0.2, -0.15) is 0 Å². The molecule has 0 bridgehead atoms. The Morgan fingerprint density at radius 2 is 2.00 bits per heavy atom. The third-order valence-corrected chi connectivity index (χ3v) is 13.0. The van der Waals surface area contributed by atoms with Gasteiger partial charge in [0.1, 0.15) is 22.0 Å². The molecule has 34 heavy (non-hydrogen) atoms. The number of aliphatic hydroxyl groups excluding tert-OH is 1. The lowest BCUT2D eigenvalue weighted by Crippen LogP contribution is -2.61. The molecule has 11 heteroatoms. The fraction of sp³-hybridized carbons (Fsp3) is 0.565. The van der Waals surface area contributed by atoms with E-state index in [1.807, 2.05) is 0 Å². The lowest BCUT2D eigenvalue weighted by molar-refractivity contribution is -0.161. The number of aliphatic hydroxyl groups is 1. The van der Waals surface area contributed by atoms with E-state index in [0.29, 0.717) is 33.2 Å². The highest BCUT2D eigenvalue weighted by Crippen LogP contribution is 2.48. The second-order valence-corrected chi connectivity index (χ2v) is 16.5. The second-order valence-electron chi connectivity index (χ2n) is 10.6. The number of hydrogen-bond acceptors (Lipinski definition) is 7. The van der Waals surface area contributed by atoms with Gasteiger partial charge >= 0.3 is 5.97 Å². The van der Waals surface area contributed by atoms with E-state index in [9.17, 15) is 24.6 Å². The first-order valence-electron chi connectivity index (χ1n) is 11.3. The third-order valence-electron chi connectivity index (χ3n) is 7.36. The van der Waals surface area contributed by atoms with Gasteiger partial charge in [-0.1, -0.05) is 20.8 Å². The van der Waals surface area contributed by atoms with Crippen LogP contribution in [0, 0.1) is 12.8 Å². The first-order valence-corrected chi connectivity index (χ1v) is 15.0. The number of thiazole rings is 1. The molecule has 0 aliphatic carbocycles. The number of nitrogens with zero attached hydrogens (tertiary/aromatic N) is 3. The molecule has 2 aliphatic heterocycles. The first kappa shape index (κ1) is 24.8. The number of aryl methyl sites for hydroxylation is 1. The van der Waals surface area contributed by atoms with Crippen molar-refractivity contribution in [3.8, 4) is 0 Å². The molecule has 0 spiro atoms. The van der Waals surface area contributed by atoms with Crippen LogP contribution in [0.4, 0.5) is 0 Å². The lowest BCUT2D eigenvalue weighted by Gasteiger charge is -2.44. The number of amides is 1. The highest BCUT2D eigenvalue weighted by molar-refractivity contribution is 7.18. The number of imidazole rings is 1. The van der Waals surface area contributed by atoms with Crippen LogP contribution in [0.2, 0.25) is 18.1 Å². The predicted octanol–water partition coefficient (Wildman–Crippen LogP) is 3.32. The SMILES string of the molecule is Cc1nc(C(=O)CO[Si](C)(C)C(C)(C)C)c2sc(C3=C(C(=O)O)N4C(=O)[C@H]([C@@H](C)O)[C@H]4C3)cn12. The molecule has 4 heterocycles. The number of fused-ring (bicyclic) bond motifs is 2. The van der Waals surface area contributed by atoms with Gasteiger partial charge in [0.25, 0.3) is 0 Å². The number of ketones is 1. The molecule has 1 amide bonds. The van der Waals surface area contributed by atoms with Gasteiger partial charge < -0.3 is 19.5 Å². The quantitative estimate of drug-likeness (QED) is 0.336. The van der Waals surface area contributed by atoms with E-state index in [2.05, 4.69) is 38.8 Å². The molecule has 1 fully saturated rings. The summed E-state index contributed by atoms with van der Waals surface area (Å²) in [5.74, 6) is -1.75. The zero-order chi connectivity index (χ0) is 25.3. The monoisotopic (exact) mass is 505 g/mol. The highest BCUT2D eigenvalue weighted by Gasteiger charge is 2.57. The molecular weight excluding hydrogens is 474 g/mol. The number of carboxylic acids is 1. The van der Waals surface area contributed by atoms with Crippen molar-refractivity contribution < 1.29 is 29.0 Å². The van der Waals surface area contributed by atoms with Gasteiger partial charge in [-0.05, 0) is 38.4 Å². The van der Waals surface area contributed by atoms with Crippen LogP contribution < -0.4 is 0 Å². The molecule has 0 unspecified atom stereocenters. The molecule has 2 aromatic heterocycles. The zero-order valence-electron chi connectivity index (χ0n) is 20.5. The molecule has 184 valence electrons. The molecule has 2 aliphatic rings. The topological polar surface area (TPSA) is 121 Å². The van der Waals surface area contributed by atoms with Crippen molar-refractivity contribution in [1.82, 2.24) is 14.3 Å². The maximum absolute atomic E-state index is 13.1. The summed E-state index contributed by atoms with van der Waals surface area (Å²) in [6.07, 6.45) is 1.27. The Kier molecular flexibility index (Phi) is 5.91. The van der Waals surface area contributed by atoms with Gasteiger partial charge in [0, 0.05) is 11.8 Å². The normalized spacial score (nSPS) is 21.8. The Morgan fingerprint density at radius 3 is 2.56 bits per heavy atom. The minimum absolute atomic E-state index is 0.0267. The average Bonchev–Trinajstić information content (AvgIpc) is 3.36. The minimum Gasteiger partial charge on any atom is -0.477 e. The van der Waals surface area contributed by atoms with Crippen molar-refractivity contribution in [2.45, 2.75) is 71.3 Å². The van der Waals surface area contributed by atoms with E-state index in [1.165, 1.54) is 16.2 Å². The van der Waals surface area contributed by atoms with Crippen molar-refractivity contribution in [1.29, 1.82) is 0 Å². The van der Waals surface area contributed by atoms with E-state index in [1.54, 1.807) is 24.4 Å². The first-order chi connectivity index (χ1) is 15.7. The maximum atomic E-state index is 13.1. The van der Waals surface area contributed by atoms with Gasteiger partial charge in [0.15, 0.2) is 8.32 Å². The Labute approximate surface area is 203 Å². The summed E-state index contributed by atoms with van der Waals surface area (Å²) in [6.45, 7) is 13.8. The fourth-order valence-corrected chi connectivity index (χ4v) is 6.50. The largest absolute Gasteiger partial charge is 0.477 e. The molecule has 0 aromatic carbocycles. The standard InChI is InChI=1S/C23H31N3O6SSi/c1-11(27)17-14-8-13(19(22(30)31)26(14)20(17)29)16-9-25-12(2)24-18(21(25)33-16)15(28)10-32-34(6,7)23(3,4)5/h9,11,14,17,27H,8,10H2,1-7H3,(H,30,31)/t11-,14-,17-/m1/s1. The minimum atomic E-state index is -2.11. The molecule has 9 nitrogen and oxygen atoms in total. The number of carboxylic acid groups (broad SMARTS) is 1. The summed E-state index contributed by atoms with van der Waals surface area (Å²) in [4.78, 5) is 44.7. The summed E-state index contributed by atoms with van der Waals surface area (Å²) >= 11 is 1.29. The van der Waals surface area contributed by atoms with Crippen LogP contribution in [0.15, 0.2) is 11.9 Å². The van der Waals surface area contributed by atoms with Gasteiger partial charge in [-0.15, -0.1) is 11.3 Å². The van der Waals surface area contributed by atoms with E-state index >= 15 is 0 Å². The Bertz CT molecular complexity index is 1240. The van der Waals surface area contributed by atoms with Crippen LogP contribution in [-0.4, -0.2) is 69.2 Å². The van der Waals surface area contributed by atoms with Crippen molar-refractivity contribution in [2.24, 2.45) is 5.92 Å². The van der Waals surface area contributed by atoms with Crippen molar-refractivity contribution in [3.05, 3.63) is 28.3 Å². The number of carbonyl (C=O) groups excluding carboxylic acids is 2. The van der Waals surface area contributed by atoms with E-state index in [0.717, 1.165) is 0 Å². The number of aromatic nitrogens is 2. The Morgan fingerprint density at radius 1 is 1.35 bits per heavy atom. The number of hydrogen-bond donors (Lipinski definition) is 2. The molecule has 2 N–H and O–H groups in total.